The van der Waals surface area contributed by atoms with E-state index < -0.39 is 5.60 Å². The summed E-state index contributed by atoms with van der Waals surface area (Å²) >= 11 is 2.20. The van der Waals surface area contributed by atoms with Crippen molar-refractivity contribution < 1.29 is 9.53 Å². The number of fused-ring (bicyclic) bond motifs is 1. The normalized spacial score (nSPS) is 19.6. The first-order chi connectivity index (χ1) is 8.29. The van der Waals surface area contributed by atoms with Gasteiger partial charge in [0.05, 0.1) is 9.77 Å². The van der Waals surface area contributed by atoms with Crippen LogP contribution in [-0.2, 0) is 11.3 Å². The van der Waals surface area contributed by atoms with E-state index in [-0.39, 0.29) is 12.1 Å². The molecule has 0 fully saturated rings. The maximum Gasteiger partial charge on any atom is 0.416 e. The van der Waals surface area contributed by atoms with E-state index in [1.165, 1.54) is 0 Å². The molecule has 1 aliphatic heterocycles. The molecule has 2 heterocycles. The van der Waals surface area contributed by atoms with Crippen LogP contribution in [0.2, 0.25) is 0 Å². The molecule has 2 rings (SSSR count). The number of rotatable bonds is 0. The zero-order valence-corrected chi connectivity index (χ0v) is 13.3. The minimum atomic E-state index is -0.482. The van der Waals surface area contributed by atoms with Crippen molar-refractivity contribution in [1.29, 1.82) is 0 Å². The Balaban J connectivity index is 2.32. The Morgan fingerprint density at radius 2 is 2.22 bits per heavy atom. The average molecular weight is 363 g/mol. The van der Waals surface area contributed by atoms with E-state index >= 15 is 0 Å². The lowest BCUT2D eigenvalue weighted by molar-refractivity contribution is 0.0556. The maximum atomic E-state index is 12.3. The summed E-state index contributed by atoms with van der Waals surface area (Å²) in [6, 6.07) is 0.137. The molecule has 1 amide bonds. The fourth-order valence-electron chi connectivity index (χ4n) is 1.98. The number of amides is 1. The smallest absolute Gasteiger partial charge is 0.416 e. The molecule has 18 heavy (non-hydrogen) atoms. The Kier molecular flexibility index (Phi) is 3.57. The van der Waals surface area contributed by atoms with Crippen LogP contribution in [0.15, 0.2) is 6.20 Å². The third kappa shape index (κ3) is 2.62. The fourth-order valence-corrected chi connectivity index (χ4v) is 2.65. The minimum absolute atomic E-state index is 0.137. The first-order valence-corrected chi connectivity index (χ1v) is 7.11. The van der Waals surface area contributed by atoms with Gasteiger partial charge in [-0.15, -0.1) is 0 Å². The van der Waals surface area contributed by atoms with E-state index in [4.69, 9.17) is 4.74 Å². The van der Waals surface area contributed by atoms with Crippen molar-refractivity contribution in [3.63, 3.8) is 0 Å². The summed E-state index contributed by atoms with van der Waals surface area (Å²) in [5.74, 6) is 0.851. The predicted octanol–water partition coefficient (Wildman–Crippen LogP) is 3.02. The highest BCUT2D eigenvalue weighted by Gasteiger charge is 2.34. The summed E-state index contributed by atoms with van der Waals surface area (Å²) in [6.07, 6.45) is 2.38. The molecule has 1 unspecified atom stereocenters. The molecule has 1 atom stereocenters. The molecule has 1 aromatic rings. The van der Waals surface area contributed by atoms with Gasteiger partial charge in [-0.2, -0.15) is 5.10 Å². The van der Waals surface area contributed by atoms with Crippen LogP contribution in [0.1, 0.15) is 34.1 Å². The zero-order valence-electron chi connectivity index (χ0n) is 11.1. The number of hydrogen-bond donors (Lipinski definition) is 0. The molecule has 1 aliphatic rings. The number of nitrogens with zero attached hydrogens (tertiary/aromatic N) is 3. The Hall–Kier alpha value is -0.790. The third-order valence-corrected chi connectivity index (χ3v) is 3.55. The van der Waals surface area contributed by atoms with Gasteiger partial charge in [-0.25, -0.2) is 9.48 Å². The Morgan fingerprint density at radius 1 is 1.56 bits per heavy atom. The third-order valence-electron chi connectivity index (χ3n) is 2.79. The predicted molar refractivity (Wildman–Crippen MR) is 77.7 cm³/mol. The van der Waals surface area contributed by atoms with Gasteiger partial charge in [-0.3, -0.25) is 4.90 Å². The highest BCUT2D eigenvalue weighted by atomic mass is 127. The molecule has 1 aromatic heterocycles. The van der Waals surface area contributed by atoms with Gasteiger partial charge in [0.25, 0.3) is 0 Å². The summed E-state index contributed by atoms with van der Waals surface area (Å²) in [5, 5.41) is 4.28. The average Bonchev–Trinajstić information content (AvgIpc) is 2.58. The maximum absolute atomic E-state index is 12.3. The van der Waals surface area contributed by atoms with E-state index in [1.54, 1.807) is 11.1 Å². The molecule has 0 bridgehead atoms. The van der Waals surface area contributed by atoms with Gasteiger partial charge in [-0.1, -0.05) is 0 Å². The molecule has 0 saturated heterocycles. The first-order valence-electron chi connectivity index (χ1n) is 6.03. The molecule has 0 spiro atoms. The lowest BCUT2D eigenvalue weighted by Crippen LogP contribution is -2.46. The van der Waals surface area contributed by atoms with Gasteiger partial charge in [0.15, 0.2) is 0 Å². The van der Waals surface area contributed by atoms with Crippen molar-refractivity contribution in [3.05, 3.63) is 9.77 Å². The molecule has 0 radical (unpaired) electrons. The van der Waals surface area contributed by atoms with Crippen molar-refractivity contribution in [3.8, 4) is 0 Å². The lowest BCUT2D eigenvalue weighted by Gasteiger charge is -2.35. The molecule has 0 N–H and O–H groups in total. The highest BCUT2D eigenvalue weighted by Crippen LogP contribution is 2.30. The van der Waals surface area contributed by atoms with Gasteiger partial charge in [0.1, 0.15) is 11.4 Å². The number of hydrogen-bond acceptors (Lipinski definition) is 3. The van der Waals surface area contributed by atoms with E-state index in [0.29, 0.717) is 0 Å². The Bertz CT molecular complexity index is 464. The van der Waals surface area contributed by atoms with E-state index in [1.807, 2.05) is 32.4 Å². The SMILES string of the molecule is CC1CCn2ncc(I)c2N1C(=O)OC(C)(C)C. The van der Waals surface area contributed by atoms with E-state index in [0.717, 1.165) is 22.4 Å². The summed E-state index contributed by atoms with van der Waals surface area (Å²) in [7, 11) is 0. The van der Waals surface area contributed by atoms with Crippen LogP contribution in [-0.4, -0.2) is 27.5 Å². The first kappa shape index (κ1) is 13.6. The molecular weight excluding hydrogens is 345 g/mol. The van der Waals surface area contributed by atoms with Crippen LogP contribution in [0.4, 0.5) is 10.6 Å². The minimum Gasteiger partial charge on any atom is -0.443 e. The second kappa shape index (κ2) is 4.71. The van der Waals surface area contributed by atoms with Gasteiger partial charge >= 0.3 is 6.09 Å². The van der Waals surface area contributed by atoms with Gasteiger partial charge < -0.3 is 4.74 Å². The van der Waals surface area contributed by atoms with Crippen molar-refractivity contribution in [2.75, 3.05) is 4.90 Å². The quantitative estimate of drug-likeness (QED) is 0.666. The van der Waals surface area contributed by atoms with E-state index in [9.17, 15) is 4.79 Å². The van der Waals surface area contributed by atoms with Gasteiger partial charge in [0, 0.05) is 12.6 Å². The van der Waals surface area contributed by atoms with Crippen LogP contribution in [0, 0.1) is 3.57 Å². The number of aryl methyl sites for hydroxylation is 1. The molecule has 100 valence electrons. The number of carbonyl (C=O) groups is 1. The van der Waals surface area contributed by atoms with Crippen LogP contribution < -0.4 is 4.90 Å². The van der Waals surface area contributed by atoms with Crippen LogP contribution in [0.25, 0.3) is 0 Å². The number of carbonyl (C=O) groups excluding carboxylic acids is 1. The molecule has 6 heteroatoms. The van der Waals surface area contributed by atoms with Gasteiger partial charge in [-0.05, 0) is 56.7 Å². The van der Waals surface area contributed by atoms with Crippen molar-refractivity contribution in [1.82, 2.24) is 9.78 Å². The van der Waals surface area contributed by atoms with Crippen molar-refractivity contribution >= 4 is 34.5 Å². The number of aromatic nitrogens is 2. The van der Waals surface area contributed by atoms with E-state index in [2.05, 4.69) is 27.7 Å². The van der Waals surface area contributed by atoms with Crippen molar-refractivity contribution in [2.24, 2.45) is 0 Å². The number of ether oxygens (including phenoxy) is 1. The number of anilines is 1. The Labute approximate surface area is 121 Å². The summed E-state index contributed by atoms with van der Waals surface area (Å²) in [5.41, 5.74) is -0.482. The zero-order chi connectivity index (χ0) is 13.5. The topological polar surface area (TPSA) is 47.4 Å². The van der Waals surface area contributed by atoms with Crippen LogP contribution >= 0.6 is 22.6 Å². The van der Waals surface area contributed by atoms with Crippen molar-refractivity contribution in [2.45, 2.75) is 52.3 Å². The van der Waals surface area contributed by atoms with Crippen LogP contribution in [0.3, 0.4) is 0 Å². The fraction of sp³-hybridized carbons (Fsp3) is 0.667. The molecule has 5 nitrogen and oxygen atoms in total. The van der Waals surface area contributed by atoms with Gasteiger partial charge in [0.2, 0.25) is 0 Å². The summed E-state index contributed by atoms with van der Waals surface area (Å²) < 4.78 is 8.32. The largest absolute Gasteiger partial charge is 0.443 e. The lowest BCUT2D eigenvalue weighted by atomic mass is 10.1. The second-order valence-corrected chi connectivity index (χ2v) is 6.69. The molecule has 0 saturated carbocycles. The Morgan fingerprint density at radius 3 is 2.83 bits per heavy atom. The molecule has 0 aromatic carbocycles. The monoisotopic (exact) mass is 363 g/mol. The van der Waals surface area contributed by atoms with Crippen LogP contribution in [0.5, 0.6) is 0 Å². The summed E-state index contributed by atoms with van der Waals surface area (Å²) in [4.78, 5) is 14.0. The second-order valence-electron chi connectivity index (χ2n) is 5.53. The molecular formula is C12H18IN3O2. The standard InChI is InChI=1S/C12H18IN3O2/c1-8-5-6-15-10(9(13)7-14-15)16(8)11(17)18-12(2,3)4/h7-8H,5-6H2,1-4H3. The number of halogens is 1. The highest BCUT2D eigenvalue weighted by molar-refractivity contribution is 14.1. The summed E-state index contributed by atoms with van der Waals surface area (Å²) in [6.45, 7) is 8.51. The molecule has 0 aliphatic carbocycles.